The average Bonchev–Trinajstić information content (AvgIpc) is 3.65. The van der Waals surface area contributed by atoms with E-state index >= 15 is 0 Å². The fraction of sp³-hybridized carbons (Fsp3) is 0.290. The second-order valence-corrected chi connectivity index (χ2v) is 10.3. The molecule has 0 bridgehead atoms. The van der Waals surface area contributed by atoms with Gasteiger partial charge >= 0.3 is 0 Å². The Morgan fingerprint density at radius 2 is 1.81 bits per heavy atom. The number of hydrogen-bond donors (Lipinski definition) is 1. The van der Waals surface area contributed by atoms with Crippen LogP contribution in [-0.4, -0.2) is 44.0 Å². The highest BCUT2D eigenvalue weighted by Crippen LogP contribution is 2.36. The Bertz CT molecular complexity index is 1750. The number of nitrogens with zero attached hydrogens (tertiary/aromatic N) is 5. The Kier molecular flexibility index (Phi) is 7.83. The molecule has 42 heavy (non-hydrogen) atoms. The van der Waals surface area contributed by atoms with Gasteiger partial charge in [-0.1, -0.05) is 43.7 Å². The summed E-state index contributed by atoms with van der Waals surface area (Å²) in [6.07, 6.45) is 1.59. The number of para-hydroxylation sites is 1. The second-order valence-electron chi connectivity index (χ2n) is 10.3. The van der Waals surface area contributed by atoms with Crippen LogP contribution in [0.2, 0.25) is 0 Å². The van der Waals surface area contributed by atoms with E-state index in [0.29, 0.717) is 48.0 Å². The number of tetrazole rings is 1. The number of hydrogen-bond acceptors (Lipinski definition) is 8. The third-order valence-electron chi connectivity index (χ3n) is 7.46. The Labute approximate surface area is 241 Å². The van der Waals surface area contributed by atoms with E-state index in [1.165, 1.54) is 12.1 Å². The maximum atomic E-state index is 13.5. The summed E-state index contributed by atoms with van der Waals surface area (Å²) in [6.45, 7) is 3.45. The molecule has 216 valence electrons. The predicted molar refractivity (Wildman–Crippen MR) is 154 cm³/mol. The minimum atomic E-state index is -0.299. The molecule has 3 heterocycles. The molecule has 10 nitrogen and oxygen atoms in total. The van der Waals surface area contributed by atoms with Crippen molar-refractivity contribution in [1.29, 1.82) is 0 Å². The van der Waals surface area contributed by atoms with Crippen LogP contribution in [-0.2, 0) is 19.6 Å². The van der Waals surface area contributed by atoms with Crippen LogP contribution in [0.4, 0.5) is 4.39 Å². The van der Waals surface area contributed by atoms with E-state index in [4.69, 9.17) is 14.2 Å². The first kappa shape index (κ1) is 27.4. The number of nitrogens with one attached hydrogen (secondary N) is 1. The highest BCUT2D eigenvalue weighted by atomic mass is 19.1. The third-order valence-corrected chi connectivity index (χ3v) is 7.46. The molecule has 5 aromatic rings. The smallest absolute Gasteiger partial charge is 0.252 e. The van der Waals surface area contributed by atoms with E-state index in [1.807, 2.05) is 36.4 Å². The molecule has 1 atom stereocenters. The summed E-state index contributed by atoms with van der Waals surface area (Å²) >= 11 is 0. The Morgan fingerprint density at radius 3 is 2.60 bits per heavy atom. The maximum Gasteiger partial charge on any atom is 0.252 e. The van der Waals surface area contributed by atoms with Crippen molar-refractivity contribution in [2.75, 3.05) is 13.9 Å². The van der Waals surface area contributed by atoms with Crippen molar-refractivity contribution in [3.63, 3.8) is 0 Å². The fourth-order valence-corrected chi connectivity index (χ4v) is 5.38. The number of aromatic nitrogens is 5. The fourth-order valence-electron chi connectivity index (χ4n) is 5.38. The lowest BCUT2D eigenvalue weighted by atomic mass is 10.0. The quantitative estimate of drug-likeness (QED) is 0.237. The normalized spacial score (nSPS) is 13.1. The molecule has 2 aromatic heterocycles. The highest BCUT2D eigenvalue weighted by molar-refractivity contribution is 5.83. The molecule has 0 spiro atoms. The standard InChI is InChI=1S/C31H31FN6O4/c1-3-6-26(30-34-35-36-38(30)16-20-9-11-24(32)12-10-20)37(17-21-7-4-5-8-27(21)40-2)18-23-13-22-14-28-29(42-19-41-28)15-25(22)33-31(23)39/h4-5,7-15,26H,3,6,16-19H2,1-2H3,(H,33,39)/t26-/m1/s1. The van der Waals surface area contributed by atoms with E-state index < -0.39 is 0 Å². The first-order valence-electron chi connectivity index (χ1n) is 13.8. The van der Waals surface area contributed by atoms with Crippen molar-refractivity contribution in [3.8, 4) is 17.2 Å². The molecule has 0 fully saturated rings. The lowest BCUT2D eigenvalue weighted by Crippen LogP contribution is -2.33. The molecule has 0 radical (unpaired) electrons. The summed E-state index contributed by atoms with van der Waals surface area (Å²) in [5.74, 6) is 2.38. The van der Waals surface area contributed by atoms with Gasteiger partial charge in [-0.2, -0.15) is 0 Å². The maximum absolute atomic E-state index is 13.5. The summed E-state index contributed by atoms with van der Waals surface area (Å²) < 4.78 is 32.0. The van der Waals surface area contributed by atoms with Crippen LogP contribution in [0.1, 0.15) is 48.3 Å². The zero-order valence-electron chi connectivity index (χ0n) is 23.4. The molecule has 6 rings (SSSR count). The molecule has 0 saturated heterocycles. The number of pyridine rings is 1. The van der Waals surface area contributed by atoms with Crippen LogP contribution in [0.25, 0.3) is 10.9 Å². The molecular weight excluding hydrogens is 539 g/mol. The second kappa shape index (κ2) is 12.0. The molecule has 3 aromatic carbocycles. The Morgan fingerprint density at radius 1 is 1.05 bits per heavy atom. The van der Waals surface area contributed by atoms with Crippen LogP contribution in [0.3, 0.4) is 0 Å². The van der Waals surface area contributed by atoms with Gasteiger partial charge < -0.3 is 19.2 Å². The highest BCUT2D eigenvalue weighted by Gasteiger charge is 2.28. The summed E-state index contributed by atoms with van der Waals surface area (Å²) in [4.78, 5) is 18.6. The van der Waals surface area contributed by atoms with Crippen molar-refractivity contribution >= 4 is 10.9 Å². The van der Waals surface area contributed by atoms with E-state index in [0.717, 1.165) is 35.1 Å². The topological polar surface area (TPSA) is 107 Å². The van der Waals surface area contributed by atoms with Crippen LogP contribution in [0.15, 0.2) is 71.5 Å². The molecule has 1 aliphatic rings. The number of rotatable bonds is 11. The van der Waals surface area contributed by atoms with E-state index in [2.05, 4.69) is 32.3 Å². The van der Waals surface area contributed by atoms with Gasteiger partial charge in [0.05, 0.1) is 25.2 Å². The first-order chi connectivity index (χ1) is 20.5. The molecule has 11 heteroatoms. The first-order valence-corrected chi connectivity index (χ1v) is 13.8. The number of fused-ring (bicyclic) bond motifs is 2. The minimum Gasteiger partial charge on any atom is -0.496 e. The summed E-state index contributed by atoms with van der Waals surface area (Å²) in [6, 6.07) is 19.5. The molecule has 0 unspecified atom stereocenters. The van der Waals surface area contributed by atoms with Gasteiger partial charge in [0.25, 0.3) is 5.56 Å². The van der Waals surface area contributed by atoms with Gasteiger partial charge in [-0.05, 0) is 52.7 Å². The number of benzene rings is 3. The SMILES string of the molecule is CCC[C@H](c1nnnn1Cc1ccc(F)cc1)N(Cc1ccccc1OC)Cc1cc2cc3c(cc2[nH]c1=O)OCO3. The van der Waals surface area contributed by atoms with Crippen LogP contribution < -0.4 is 19.8 Å². The van der Waals surface area contributed by atoms with Crippen molar-refractivity contribution < 1.29 is 18.6 Å². The van der Waals surface area contributed by atoms with Crippen molar-refractivity contribution in [1.82, 2.24) is 30.1 Å². The number of halogens is 1. The zero-order valence-corrected chi connectivity index (χ0v) is 23.4. The van der Waals surface area contributed by atoms with Crippen molar-refractivity contribution in [3.05, 3.63) is 105 Å². The van der Waals surface area contributed by atoms with Gasteiger partial charge in [0.15, 0.2) is 17.3 Å². The van der Waals surface area contributed by atoms with Gasteiger partial charge in [0.1, 0.15) is 11.6 Å². The molecule has 0 amide bonds. The van der Waals surface area contributed by atoms with Gasteiger partial charge in [-0.15, -0.1) is 5.10 Å². The molecule has 1 N–H and O–H groups in total. The van der Waals surface area contributed by atoms with Gasteiger partial charge in [0.2, 0.25) is 6.79 Å². The molecular formula is C31H31FN6O4. The zero-order chi connectivity index (χ0) is 29.1. The summed E-state index contributed by atoms with van der Waals surface area (Å²) in [7, 11) is 1.65. The van der Waals surface area contributed by atoms with Gasteiger partial charge in [-0.3, -0.25) is 9.69 Å². The average molecular weight is 571 g/mol. The summed E-state index contributed by atoms with van der Waals surface area (Å²) in [5.41, 5.74) is 2.93. The Balaban J connectivity index is 1.40. The number of ether oxygens (including phenoxy) is 3. The van der Waals surface area contributed by atoms with Crippen LogP contribution in [0.5, 0.6) is 17.2 Å². The molecule has 0 saturated carbocycles. The van der Waals surface area contributed by atoms with Crippen LogP contribution in [0, 0.1) is 5.82 Å². The third kappa shape index (κ3) is 5.68. The van der Waals surface area contributed by atoms with E-state index in [9.17, 15) is 9.18 Å². The molecule has 0 aliphatic carbocycles. The van der Waals surface area contributed by atoms with Crippen LogP contribution >= 0.6 is 0 Å². The monoisotopic (exact) mass is 570 g/mol. The van der Waals surface area contributed by atoms with Crippen molar-refractivity contribution in [2.24, 2.45) is 0 Å². The minimum absolute atomic E-state index is 0.154. The van der Waals surface area contributed by atoms with E-state index in [-0.39, 0.29) is 24.2 Å². The number of methoxy groups -OCH3 is 1. The largest absolute Gasteiger partial charge is 0.496 e. The van der Waals surface area contributed by atoms with Gasteiger partial charge in [-0.25, -0.2) is 9.07 Å². The van der Waals surface area contributed by atoms with Crippen molar-refractivity contribution in [2.45, 2.75) is 45.4 Å². The lowest BCUT2D eigenvalue weighted by Gasteiger charge is -2.31. The number of aromatic amines is 1. The summed E-state index contributed by atoms with van der Waals surface area (Å²) in [5, 5.41) is 13.6. The predicted octanol–water partition coefficient (Wildman–Crippen LogP) is 4.98. The lowest BCUT2D eigenvalue weighted by molar-refractivity contribution is 0.154. The Hall–Kier alpha value is -4.77. The van der Waals surface area contributed by atoms with E-state index in [1.54, 1.807) is 30.0 Å². The number of H-pyrrole nitrogens is 1. The molecule has 1 aliphatic heterocycles. The van der Waals surface area contributed by atoms with Gasteiger partial charge in [0, 0.05) is 35.7 Å².